The summed E-state index contributed by atoms with van der Waals surface area (Å²) in [5, 5.41) is 13.9. The molecule has 0 aliphatic rings. The van der Waals surface area contributed by atoms with Gasteiger partial charge in [-0.1, -0.05) is 38.1 Å². The molecule has 0 spiro atoms. The number of benzene rings is 2. The molecule has 27 heavy (non-hydrogen) atoms. The van der Waals surface area contributed by atoms with Crippen LogP contribution < -0.4 is 10.6 Å². The highest BCUT2D eigenvalue weighted by atomic mass is 19.4. The van der Waals surface area contributed by atoms with E-state index in [0.29, 0.717) is 16.8 Å². The van der Waals surface area contributed by atoms with Crippen LogP contribution in [0.15, 0.2) is 48.5 Å². The number of alkyl halides is 3. The van der Waals surface area contributed by atoms with Gasteiger partial charge in [-0.25, -0.2) is 9.59 Å². The maximum atomic E-state index is 12.8. The van der Waals surface area contributed by atoms with E-state index in [9.17, 15) is 22.8 Å². The average molecular weight is 380 g/mol. The third kappa shape index (κ3) is 5.47. The van der Waals surface area contributed by atoms with Gasteiger partial charge in [-0.2, -0.15) is 13.2 Å². The second-order valence-electron chi connectivity index (χ2n) is 6.31. The summed E-state index contributed by atoms with van der Waals surface area (Å²) in [4.78, 5) is 23.0. The molecule has 0 saturated carbocycles. The zero-order valence-electron chi connectivity index (χ0n) is 14.7. The summed E-state index contributed by atoms with van der Waals surface area (Å²) in [7, 11) is 0. The van der Waals surface area contributed by atoms with Crippen molar-refractivity contribution < 1.29 is 27.9 Å². The number of carboxylic acid groups (broad SMARTS) is 1. The maximum absolute atomic E-state index is 12.8. The molecule has 0 heterocycles. The normalized spacial score (nSPS) is 12.5. The number of aliphatic carboxylic acids is 1. The van der Waals surface area contributed by atoms with Gasteiger partial charge in [-0.3, -0.25) is 0 Å². The van der Waals surface area contributed by atoms with Crippen molar-refractivity contribution in [3.05, 3.63) is 54.1 Å². The van der Waals surface area contributed by atoms with E-state index < -0.39 is 29.8 Å². The molecule has 0 aliphatic heterocycles. The molecule has 3 N–H and O–H groups in total. The highest BCUT2D eigenvalue weighted by Gasteiger charge is 2.30. The van der Waals surface area contributed by atoms with Crippen LogP contribution >= 0.6 is 0 Å². The van der Waals surface area contributed by atoms with Crippen LogP contribution in [0.25, 0.3) is 11.1 Å². The number of nitrogens with one attached hydrogen (secondary N) is 2. The first-order valence-electron chi connectivity index (χ1n) is 8.16. The molecule has 1 unspecified atom stereocenters. The van der Waals surface area contributed by atoms with E-state index in [1.54, 1.807) is 32.0 Å². The summed E-state index contributed by atoms with van der Waals surface area (Å²) >= 11 is 0. The monoisotopic (exact) mass is 380 g/mol. The van der Waals surface area contributed by atoms with Crippen molar-refractivity contribution in [1.82, 2.24) is 5.32 Å². The van der Waals surface area contributed by atoms with E-state index in [1.807, 2.05) is 0 Å². The number of hydrogen-bond donors (Lipinski definition) is 3. The van der Waals surface area contributed by atoms with Gasteiger partial charge in [0.05, 0.1) is 5.56 Å². The molecule has 0 radical (unpaired) electrons. The Kier molecular flexibility index (Phi) is 6.09. The fourth-order valence-electron chi connectivity index (χ4n) is 2.44. The Morgan fingerprint density at radius 1 is 1.00 bits per heavy atom. The third-order valence-corrected chi connectivity index (χ3v) is 3.89. The molecule has 144 valence electrons. The average Bonchev–Trinajstić information content (AvgIpc) is 2.59. The second-order valence-corrected chi connectivity index (χ2v) is 6.31. The topological polar surface area (TPSA) is 78.4 Å². The lowest BCUT2D eigenvalue weighted by molar-refractivity contribution is -0.140. The molecule has 1 atom stereocenters. The van der Waals surface area contributed by atoms with Crippen LogP contribution in [0.4, 0.5) is 23.7 Å². The molecule has 0 saturated heterocycles. The molecule has 0 fully saturated rings. The Labute approximate surface area is 154 Å². The first-order chi connectivity index (χ1) is 12.6. The molecule has 2 aromatic rings. The SMILES string of the molecule is CC(C)C(NC(=O)Nc1ccc(-c2cccc(C(F)(F)F)c2)cc1)C(=O)O. The van der Waals surface area contributed by atoms with Crippen LogP contribution in [0.2, 0.25) is 0 Å². The first kappa shape index (κ1) is 20.3. The van der Waals surface area contributed by atoms with Crippen molar-refractivity contribution in [3.8, 4) is 11.1 Å². The fourth-order valence-corrected chi connectivity index (χ4v) is 2.44. The third-order valence-electron chi connectivity index (χ3n) is 3.89. The molecular formula is C19H19F3N2O3. The number of halogens is 3. The number of amides is 2. The van der Waals surface area contributed by atoms with Gasteiger partial charge in [-0.05, 0) is 41.3 Å². The van der Waals surface area contributed by atoms with Crippen molar-refractivity contribution in [2.24, 2.45) is 5.92 Å². The molecular weight excluding hydrogens is 361 g/mol. The summed E-state index contributed by atoms with van der Waals surface area (Å²) in [6, 6.07) is 9.43. The number of rotatable bonds is 5. The smallest absolute Gasteiger partial charge is 0.416 e. The van der Waals surface area contributed by atoms with E-state index in [4.69, 9.17) is 5.11 Å². The molecule has 8 heteroatoms. The van der Waals surface area contributed by atoms with Crippen molar-refractivity contribution in [2.75, 3.05) is 5.32 Å². The van der Waals surface area contributed by atoms with Crippen molar-refractivity contribution in [3.63, 3.8) is 0 Å². The molecule has 0 aliphatic carbocycles. The Morgan fingerprint density at radius 2 is 1.63 bits per heavy atom. The lowest BCUT2D eigenvalue weighted by atomic mass is 10.0. The van der Waals surface area contributed by atoms with Gasteiger partial charge < -0.3 is 15.7 Å². The number of carbonyl (C=O) groups is 2. The van der Waals surface area contributed by atoms with E-state index >= 15 is 0 Å². The van der Waals surface area contributed by atoms with E-state index in [-0.39, 0.29) is 5.92 Å². The fraction of sp³-hybridized carbons (Fsp3) is 0.263. The summed E-state index contributed by atoms with van der Waals surface area (Å²) in [5.74, 6) is -1.43. The summed E-state index contributed by atoms with van der Waals surface area (Å²) in [5.41, 5.74) is 0.593. The number of carbonyl (C=O) groups excluding carboxylic acids is 1. The lowest BCUT2D eigenvalue weighted by Crippen LogP contribution is -2.46. The quantitative estimate of drug-likeness (QED) is 0.709. The molecule has 5 nitrogen and oxygen atoms in total. The molecule has 2 amide bonds. The predicted octanol–water partition coefficient (Wildman–Crippen LogP) is 4.60. The Balaban J connectivity index is 2.09. The van der Waals surface area contributed by atoms with Crippen molar-refractivity contribution in [2.45, 2.75) is 26.1 Å². The number of anilines is 1. The number of urea groups is 1. The van der Waals surface area contributed by atoms with Crippen molar-refractivity contribution >= 4 is 17.7 Å². The molecule has 0 bridgehead atoms. The van der Waals surface area contributed by atoms with Gasteiger partial charge in [0.1, 0.15) is 6.04 Å². The minimum Gasteiger partial charge on any atom is -0.480 e. The van der Waals surface area contributed by atoms with Gasteiger partial charge >= 0.3 is 18.2 Å². The van der Waals surface area contributed by atoms with Crippen molar-refractivity contribution in [1.29, 1.82) is 0 Å². The molecule has 2 aromatic carbocycles. The summed E-state index contributed by atoms with van der Waals surface area (Å²) in [6.07, 6.45) is -4.42. The van der Waals surface area contributed by atoms with Crippen LogP contribution in [0.5, 0.6) is 0 Å². The second kappa shape index (κ2) is 8.11. The highest BCUT2D eigenvalue weighted by Crippen LogP contribution is 2.32. The number of carboxylic acids is 1. The zero-order chi connectivity index (χ0) is 20.2. The molecule has 0 aromatic heterocycles. The Morgan fingerprint density at radius 3 is 2.15 bits per heavy atom. The maximum Gasteiger partial charge on any atom is 0.416 e. The first-order valence-corrected chi connectivity index (χ1v) is 8.16. The minimum absolute atomic E-state index is 0.295. The van der Waals surface area contributed by atoms with Gasteiger partial charge in [0, 0.05) is 5.69 Å². The Hall–Kier alpha value is -3.03. The van der Waals surface area contributed by atoms with Gasteiger partial charge in [0.15, 0.2) is 0 Å². The van der Waals surface area contributed by atoms with Crippen LogP contribution in [-0.2, 0) is 11.0 Å². The van der Waals surface area contributed by atoms with Crippen LogP contribution in [0, 0.1) is 5.92 Å². The zero-order valence-corrected chi connectivity index (χ0v) is 14.7. The largest absolute Gasteiger partial charge is 0.480 e. The Bertz CT molecular complexity index is 818. The summed E-state index contributed by atoms with van der Waals surface area (Å²) < 4.78 is 38.4. The highest BCUT2D eigenvalue weighted by molar-refractivity contribution is 5.92. The molecule has 2 rings (SSSR count). The van der Waals surface area contributed by atoms with Gasteiger partial charge in [0.2, 0.25) is 0 Å². The van der Waals surface area contributed by atoms with Gasteiger partial charge in [-0.15, -0.1) is 0 Å². The standard InChI is InChI=1S/C19H19F3N2O3/c1-11(2)16(17(25)26)24-18(27)23-15-8-6-12(7-9-15)13-4-3-5-14(10-13)19(20,21)22/h3-11,16H,1-2H3,(H,25,26)(H2,23,24,27). The van der Waals surface area contributed by atoms with Crippen LogP contribution in [0.1, 0.15) is 19.4 Å². The number of hydrogen-bond acceptors (Lipinski definition) is 2. The van der Waals surface area contributed by atoms with Crippen LogP contribution in [-0.4, -0.2) is 23.1 Å². The van der Waals surface area contributed by atoms with Gasteiger partial charge in [0.25, 0.3) is 0 Å². The lowest BCUT2D eigenvalue weighted by Gasteiger charge is -2.18. The minimum atomic E-state index is -4.42. The van der Waals surface area contributed by atoms with Crippen LogP contribution in [0.3, 0.4) is 0 Å². The van der Waals surface area contributed by atoms with E-state index in [0.717, 1.165) is 12.1 Å². The predicted molar refractivity (Wildman–Crippen MR) is 95.3 cm³/mol. The van der Waals surface area contributed by atoms with E-state index in [2.05, 4.69) is 10.6 Å². The van der Waals surface area contributed by atoms with E-state index in [1.165, 1.54) is 18.2 Å². The summed E-state index contributed by atoms with van der Waals surface area (Å²) in [6.45, 7) is 3.34.